The van der Waals surface area contributed by atoms with E-state index in [1.807, 2.05) is 54.7 Å². The maximum atomic E-state index is 12.8. The number of carbonyl (C=O) groups excluding carboxylic acids is 2. The Labute approximate surface area is 419 Å². The first-order chi connectivity index (χ1) is 34.1. The molecule has 7 N–H and O–H groups in total. The van der Waals surface area contributed by atoms with E-state index in [1.54, 1.807) is 6.08 Å². The minimum Gasteiger partial charge on any atom is -0.462 e. The van der Waals surface area contributed by atoms with Gasteiger partial charge in [0.2, 0.25) is 0 Å². The molecule has 0 saturated carbocycles. The third-order valence-electron chi connectivity index (χ3n) is 10.9. The van der Waals surface area contributed by atoms with Gasteiger partial charge in [0.25, 0.3) is 0 Å². The van der Waals surface area contributed by atoms with Gasteiger partial charge in [0, 0.05) is 19.0 Å². The van der Waals surface area contributed by atoms with Gasteiger partial charge in [-0.25, -0.2) is 13.9 Å². The van der Waals surface area contributed by atoms with Gasteiger partial charge in [-0.15, -0.1) is 0 Å². The molecule has 2 heterocycles. The Morgan fingerprint density at radius 2 is 1.35 bits per heavy atom. The number of phosphoric ester groups is 2. The predicted octanol–water partition coefficient (Wildman–Crippen LogP) is 9.08. The van der Waals surface area contributed by atoms with Gasteiger partial charge in [-0.05, 0) is 51.0 Å². The Kier molecular flexibility index (Phi) is 33.7. The zero-order chi connectivity index (χ0) is 52.2. The fourth-order valence-electron chi connectivity index (χ4n) is 7.01. The number of unbranched alkanes of at least 4 members (excludes halogenated alkanes) is 12. The van der Waals surface area contributed by atoms with E-state index in [9.17, 15) is 48.6 Å². The quantitative estimate of drug-likeness (QED) is 0.0117. The lowest BCUT2D eigenvalue weighted by Gasteiger charge is -2.21. The number of nitrogens with zero attached hydrogens (tertiary/aromatic N) is 2. The Morgan fingerprint density at radius 3 is 2.00 bits per heavy atom. The molecule has 0 aromatic carbocycles. The molecule has 19 nitrogen and oxygen atoms in total. The van der Waals surface area contributed by atoms with Crippen LogP contribution in [0.25, 0.3) is 0 Å². The number of phosphoric acid groups is 2. The SMILES string of the molecule is CC/C=C\C/C=C\CC(O)/C=C/C=C\C/C=C\C/C=C\CCC(=O)OC[C@H](COP(=O)(O)OP(=O)(O)OC[C@H]1O[C@@H](n2ccc(N)nc2=O)[C@H](O)[C@@H]1O)OC(=O)CCCCCCCCCCCCCCC. The van der Waals surface area contributed by atoms with E-state index in [0.717, 1.165) is 49.3 Å². The molecule has 402 valence electrons. The van der Waals surface area contributed by atoms with Crippen LogP contribution in [-0.2, 0) is 46.3 Å². The zero-order valence-electron chi connectivity index (χ0n) is 41.6. The summed E-state index contributed by atoms with van der Waals surface area (Å²) in [7, 11) is -10.9. The van der Waals surface area contributed by atoms with Crippen LogP contribution in [0.2, 0.25) is 0 Å². The van der Waals surface area contributed by atoms with E-state index in [4.69, 9.17) is 29.0 Å². The van der Waals surface area contributed by atoms with Gasteiger partial charge in [-0.1, -0.05) is 164 Å². The number of esters is 2. The second-order valence-corrected chi connectivity index (χ2v) is 20.2. The van der Waals surface area contributed by atoms with Crippen molar-refractivity contribution >= 4 is 33.4 Å². The number of rotatable bonds is 40. The van der Waals surface area contributed by atoms with Gasteiger partial charge >= 0.3 is 33.3 Å². The van der Waals surface area contributed by atoms with Crippen LogP contribution in [0.15, 0.2) is 90.0 Å². The Balaban J connectivity index is 1.84. The Hall–Kier alpha value is -3.84. The predicted molar refractivity (Wildman–Crippen MR) is 271 cm³/mol. The summed E-state index contributed by atoms with van der Waals surface area (Å²) in [5.41, 5.74) is 4.57. The van der Waals surface area contributed by atoms with Crippen molar-refractivity contribution in [3.8, 4) is 0 Å². The van der Waals surface area contributed by atoms with Gasteiger partial charge in [0.1, 0.15) is 30.7 Å². The number of nitrogens with two attached hydrogens (primary N) is 1. The monoisotopic (exact) mass is 1040 g/mol. The lowest BCUT2D eigenvalue weighted by atomic mass is 10.0. The van der Waals surface area contributed by atoms with Crippen LogP contribution in [0.3, 0.4) is 0 Å². The number of hydrogen-bond acceptors (Lipinski definition) is 16. The normalized spacial score (nSPS) is 20.2. The molecule has 1 fully saturated rings. The topological polar surface area (TPSA) is 286 Å². The highest BCUT2D eigenvalue weighted by atomic mass is 31.3. The highest BCUT2D eigenvalue weighted by Gasteiger charge is 2.46. The summed E-state index contributed by atoms with van der Waals surface area (Å²) in [5.74, 6) is -1.43. The average Bonchev–Trinajstić information content (AvgIpc) is 3.60. The molecule has 2 rings (SSSR count). The summed E-state index contributed by atoms with van der Waals surface area (Å²) >= 11 is 0. The van der Waals surface area contributed by atoms with Crippen molar-refractivity contribution in [1.29, 1.82) is 0 Å². The van der Waals surface area contributed by atoms with Crippen molar-refractivity contribution in [1.82, 2.24) is 9.55 Å². The van der Waals surface area contributed by atoms with Crippen molar-refractivity contribution < 1.29 is 71.4 Å². The Morgan fingerprint density at radius 1 is 0.761 bits per heavy atom. The molecule has 21 heteroatoms. The van der Waals surface area contributed by atoms with Gasteiger partial charge in [-0.3, -0.25) is 23.2 Å². The van der Waals surface area contributed by atoms with Gasteiger partial charge in [-0.2, -0.15) is 9.29 Å². The molecule has 8 atom stereocenters. The van der Waals surface area contributed by atoms with Gasteiger partial charge in [0.05, 0.1) is 19.3 Å². The molecule has 0 radical (unpaired) electrons. The number of nitrogen functional groups attached to an aromatic ring is 1. The standard InChI is InChI=1S/C50H81N3O16P2/c1-3-5-7-9-11-12-13-14-15-20-23-27-31-35-46(56)67-42(38-64-45(55)34-30-26-22-19-17-16-18-21-25-29-33-41(54)32-28-24-10-8-6-4-2)39-65-70(60,61)69-71(62,63)66-40-43-47(57)48(58)49(68-43)53-37-36-44(51)52-50(53)59/h6,8,16-17,21-22,24-26,28-29,33,36-37,41-43,47-49,54,57-58H,3-5,7,9-15,18-20,23,27,30-32,34-35,38-40H2,1-2H3,(H,60,61)(H,62,63)(H2,51,52,59)/b8-6-,17-16-,25-21-,26-22-,28-24-,33-29+/t41?,42-,43-,47-,48-,49-/m1/s1. The third-order valence-corrected chi connectivity index (χ3v) is 13.5. The molecule has 0 amide bonds. The first kappa shape index (κ1) is 63.3. The summed E-state index contributed by atoms with van der Waals surface area (Å²) in [6.07, 6.45) is 34.5. The molecule has 1 aliphatic rings. The highest BCUT2D eigenvalue weighted by molar-refractivity contribution is 7.61. The summed E-state index contributed by atoms with van der Waals surface area (Å²) in [6, 6.07) is 1.24. The molecule has 1 aromatic heterocycles. The number of aliphatic hydroxyl groups is 3. The van der Waals surface area contributed by atoms with Crippen molar-refractivity contribution in [2.75, 3.05) is 25.6 Å². The average molecular weight is 1040 g/mol. The number of allylic oxidation sites excluding steroid dienone is 10. The first-order valence-corrected chi connectivity index (χ1v) is 28.0. The molecule has 1 aromatic rings. The van der Waals surface area contributed by atoms with Crippen molar-refractivity contribution in [2.45, 2.75) is 185 Å². The van der Waals surface area contributed by atoms with Crippen molar-refractivity contribution in [3.05, 3.63) is 95.7 Å². The largest absolute Gasteiger partial charge is 0.481 e. The lowest BCUT2D eigenvalue weighted by Crippen LogP contribution is -2.36. The van der Waals surface area contributed by atoms with Crippen LogP contribution in [0.5, 0.6) is 0 Å². The number of aromatic nitrogens is 2. The number of carbonyl (C=O) groups is 2. The minimum atomic E-state index is -5.45. The summed E-state index contributed by atoms with van der Waals surface area (Å²) < 4.78 is 56.6. The van der Waals surface area contributed by atoms with E-state index in [1.165, 1.54) is 57.4 Å². The summed E-state index contributed by atoms with van der Waals surface area (Å²) in [5, 5.41) is 30.9. The summed E-state index contributed by atoms with van der Waals surface area (Å²) in [6.45, 7) is 1.89. The lowest BCUT2D eigenvalue weighted by molar-refractivity contribution is -0.161. The van der Waals surface area contributed by atoms with E-state index in [-0.39, 0.29) is 18.7 Å². The molecule has 1 saturated heterocycles. The number of aliphatic hydroxyl groups excluding tert-OH is 3. The molecular formula is C50H81N3O16P2. The fourth-order valence-corrected chi connectivity index (χ4v) is 9.12. The number of ether oxygens (including phenoxy) is 3. The maximum absolute atomic E-state index is 12.8. The van der Waals surface area contributed by atoms with Crippen molar-refractivity contribution in [2.24, 2.45) is 0 Å². The molecule has 0 spiro atoms. The van der Waals surface area contributed by atoms with Crippen LogP contribution in [-0.4, -0.2) is 96.9 Å². The summed E-state index contributed by atoms with van der Waals surface area (Å²) in [4.78, 5) is 61.8. The van der Waals surface area contributed by atoms with Crippen LogP contribution in [0.4, 0.5) is 5.82 Å². The van der Waals surface area contributed by atoms with Gasteiger partial charge < -0.3 is 45.1 Å². The first-order valence-electron chi connectivity index (χ1n) is 25.1. The molecule has 1 aliphatic heterocycles. The number of anilines is 1. The third kappa shape index (κ3) is 30.7. The zero-order valence-corrected chi connectivity index (χ0v) is 43.4. The highest BCUT2D eigenvalue weighted by Crippen LogP contribution is 2.60. The van der Waals surface area contributed by atoms with E-state index < -0.39 is 89.8 Å². The number of hydrogen-bond donors (Lipinski definition) is 6. The Bertz CT molecular complexity index is 1990. The molecular weight excluding hydrogens is 961 g/mol. The van der Waals surface area contributed by atoms with E-state index in [2.05, 4.69) is 35.3 Å². The molecule has 0 aliphatic carbocycles. The molecule has 3 unspecified atom stereocenters. The van der Waals surface area contributed by atoms with Crippen LogP contribution >= 0.6 is 15.6 Å². The van der Waals surface area contributed by atoms with E-state index >= 15 is 0 Å². The minimum absolute atomic E-state index is 0.0231. The van der Waals surface area contributed by atoms with Gasteiger partial charge in [0.15, 0.2) is 12.3 Å². The van der Waals surface area contributed by atoms with Crippen LogP contribution < -0.4 is 11.4 Å². The van der Waals surface area contributed by atoms with Crippen LogP contribution in [0.1, 0.15) is 155 Å². The second-order valence-electron chi connectivity index (χ2n) is 17.1. The van der Waals surface area contributed by atoms with E-state index in [0.29, 0.717) is 32.1 Å². The fraction of sp³-hybridized carbons (Fsp3) is 0.640. The second kappa shape index (κ2) is 37.8. The smallest absolute Gasteiger partial charge is 0.462 e. The molecule has 71 heavy (non-hydrogen) atoms. The molecule has 0 bridgehead atoms. The van der Waals surface area contributed by atoms with Crippen LogP contribution in [0, 0.1) is 0 Å². The van der Waals surface area contributed by atoms with Crippen molar-refractivity contribution in [3.63, 3.8) is 0 Å². The maximum Gasteiger partial charge on any atom is 0.481 e.